The molecule has 132 valence electrons. The molecule has 0 bridgehead atoms. The van der Waals surface area contributed by atoms with Gasteiger partial charge in [-0.3, -0.25) is 4.79 Å². The number of carbonyl (C=O) groups excluding carboxylic acids is 2. The van der Waals surface area contributed by atoms with E-state index in [2.05, 4.69) is 9.53 Å². The zero-order valence-corrected chi connectivity index (χ0v) is 14.4. The maximum Gasteiger partial charge on any atom is 0.442 e. The number of esters is 1. The van der Waals surface area contributed by atoms with E-state index in [0.717, 1.165) is 18.3 Å². The minimum Gasteiger partial charge on any atom is -0.460 e. The first-order valence-corrected chi connectivity index (χ1v) is 7.77. The van der Waals surface area contributed by atoms with Crippen molar-refractivity contribution in [3.05, 3.63) is 52.6 Å². The lowest BCUT2D eigenvalue weighted by atomic mass is 9.91. The van der Waals surface area contributed by atoms with Crippen molar-refractivity contribution in [1.82, 2.24) is 0 Å². The Morgan fingerprint density at radius 1 is 1.16 bits per heavy atom. The van der Waals surface area contributed by atoms with Crippen molar-refractivity contribution in [2.45, 2.75) is 26.1 Å². The van der Waals surface area contributed by atoms with Crippen LogP contribution in [0.5, 0.6) is 0 Å². The summed E-state index contributed by atoms with van der Waals surface area (Å²) < 4.78 is 16.0. The van der Waals surface area contributed by atoms with Gasteiger partial charge in [-0.05, 0) is 30.6 Å². The zero-order chi connectivity index (χ0) is 18.4. The Morgan fingerprint density at radius 3 is 2.20 bits per heavy atom. The summed E-state index contributed by atoms with van der Waals surface area (Å²) in [6, 6.07) is 8.76. The van der Waals surface area contributed by atoms with E-state index in [1.54, 1.807) is 30.3 Å². The Hall–Kier alpha value is -2.60. The fourth-order valence-electron chi connectivity index (χ4n) is 2.43. The summed E-state index contributed by atoms with van der Waals surface area (Å²) in [5.41, 5.74) is 11.0. The molecule has 1 aliphatic heterocycles. The molecule has 0 N–H and O–H groups in total. The van der Waals surface area contributed by atoms with E-state index in [1.165, 1.54) is 0 Å². The fourth-order valence-corrected chi connectivity index (χ4v) is 2.43. The van der Waals surface area contributed by atoms with Crippen molar-refractivity contribution in [1.29, 1.82) is 0 Å². The predicted molar refractivity (Wildman–Crippen MR) is 88.9 cm³/mol. The van der Waals surface area contributed by atoms with Crippen LogP contribution >= 0.6 is 0 Å². The molecule has 0 aromatic heterocycles. The maximum atomic E-state index is 12.9. The summed E-state index contributed by atoms with van der Waals surface area (Å²) in [7, 11) is 1.10. The average Bonchev–Trinajstić information content (AvgIpc) is 2.79. The maximum absolute atomic E-state index is 12.9. The van der Waals surface area contributed by atoms with Crippen LogP contribution in [0.3, 0.4) is 0 Å². The smallest absolute Gasteiger partial charge is 0.442 e. The standard InChI is InChI=1S/C18H20N2O5/c1-11-9-24-18(25-10-12(11)2)14(13-7-5-4-6-8-13)16(21)15(20-19)17(22)23-3/h4-8,14,18H,9-10H2,1-3H3. The molecule has 0 spiro atoms. The number of hydrogen-bond acceptors (Lipinski definition) is 5. The summed E-state index contributed by atoms with van der Waals surface area (Å²) in [5.74, 6) is -2.72. The molecule has 1 heterocycles. The third-order valence-corrected chi connectivity index (χ3v) is 4.08. The van der Waals surface area contributed by atoms with Gasteiger partial charge >= 0.3 is 11.7 Å². The lowest BCUT2D eigenvalue weighted by Gasteiger charge is -2.24. The summed E-state index contributed by atoms with van der Waals surface area (Å²) in [4.78, 5) is 27.5. The van der Waals surface area contributed by atoms with Gasteiger partial charge in [-0.1, -0.05) is 30.3 Å². The van der Waals surface area contributed by atoms with Gasteiger partial charge in [0.15, 0.2) is 6.29 Å². The first-order valence-electron chi connectivity index (χ1n) is 7.77. The number of ether oxygens (including phenoxy) is 3. The van der Waals surface area contributed by atoms with E-state index in [-0.39, 0.29) is 0 Å². The fraction of sp³-hybridized carbons (Fsp3) is 0.389. The van der Waals surface area contributed by atoms with E-state index < -0.39 is 29.7 Å². The highest BCUT2D eigenvalue weighted by atomic mass is 16.7. The molecule has 0 fully saturated rings. The minimum absolute atomic E-state index is 0.303. The average molecular weight is 344 g/mol. The third kappa shape index (κ3) is 4.28. The molecule has 1 aliphatic rings. The number of methoxy groups -OCH3 is 1. The summed E-state index contributed by atoms with van der Waals surface area (Å²) in [5, 5.41) is 0. The van der Waals surface area contributed by atoms with E-state index in [0.29, 0.717) is 18.8 Å². The second kappa shape index (κ2) is 8.48. The van der Waals surface area contributed by atoms with Crippen LogP contribution in [0, 0.1) is 0 Å². The van der Waals surface area contributed by atoms with Gasteiger partial charge < -0.3 is 19.7 Å². The van der Waals surface area contributed by atoms with Crippen LogP contribution < -0.4 is 0 Å². The molecule has 0 saturated heterocycles. The van der Waals surface area contributed by atoms with Gasteiger partial charge in [0.2, 0.25) is 0 Å². The molecule has 0 amide bonds. The molecular formula is C18H20N2O5. The van der Waals surface area contributed by atoms with E-state index >= 15 is 0 Å². The van der Waals surface area contributed by atoms with E-state index in [1.807, 2.05) is 13.8 Å². The molecule has 25 heavy (non-hydrogen) atoms. The van der Waals surface area contributed by atoms with Crippen LogP contribution in [-0.4, -0.2) is 48.9 Å². The van der Waals surface area contributed by atoms with Crippen molar-refractivity contribution >= 4 is 17.5 Å². The Kier molecular flexibility index (Phi) is 6.36. The number of hydrogen-bond donors (Lipinski definition) is 0. The van der Waals surface area contributed by atoms with Crippen LogP contribution in [-0.2, 0) is 23.8 Å². The monoisotopic (exact) mass is 344 g/mol. The van der Waals surface area contributed by atoms with E-state index in [9.17, 15) is 9.59 Å². The number of benzene rings is 1. The van der Waals surface area contributed by atoms with E-state index in [4.69, 9.17) is 15.0 Å². The van der Waals surface area contributed by atoms with Gasteiger partial charge in [0.05, 0.1) is 20.3 Å². The number of Topliss-reactive ketones (excluding diaryl/α,β-unsaturated/α-hetero) is 1. The van der Waals surface area contributed by atoms with Crippen LogP contribution in [0.2, 0.25) is 0 Å². The Bertz CT molecular complexity index is 719. The molecule has 0 aliphatic carbocycles. The van der Waals surface area contributed by atoms with Gasteiger partial charge in [-0.2, -0.15) is 4.79 Å². The quantitative estimate of drug-likeness (QED) is 0.203. The highest BCUT2D eigenvalue weighted by Gasteiger charge is 2.43. The first-order chi connectivity index (χ1) is 12.0. The molecule has 1 unspecified atom stereocenters. The number of nitrogens with zero attached hydrogens (tertiary/aromatic N) is 2. The third-order valence-electron chi connectivity index (χ3n) is 4.08. The summed E-state index contributed by atoms with van der Waals surface area (Å²) in [6.07, 6.45) is -0.927. The molecule has 1 aromatic carbocycles. The second-order valence-electron chi connectivity index (χ2n) is 5.74. The molecular weight excluding hydrogens is 324 g/mol. The zero-order valence-electron chi connectivity index (χ0n) is 14.4. The SMILES string of the molecule is COC(=O)C(=[N+]=[N-])C(=O)C(c1ccccc1)C1OCC(C)=C(C)CO1. The van der Waals surface area contributed by atoms with Crippen LogP contribution in [0.1, 0.15) is 25.3 Å². The number of ketones is 1. The van der Waals surface area contributed by atoms with Crippen LogP contribution in [0.25, 0.3) is 5.53 Å². The molecule has 2 rings (SSSR count). The van der Waals surface area contributed by atoms with Crippen molar-refractivity contribution in [3.63, 3.8) is 0 Å². The van der Waals surface area contributed by atoms with Crippen molar-refractivity contribution < 1.29 is 28.6 Å². The predicted octanol–water partition coefficient (Wildman–Crippen LogP) is 1.89. The van der Waals surface area contributed by atoms with Gasteiger partial charge in [-0.15, -0.1) is 0 Å². The molecule has 1 atom stereocenters. The van der Waals surface area contributed by atoms with Gasteiger partial charge in [0.25, 0.3) is 5.78 Å². The lowest BCUT2D eigenvalue weighted by molar-refractivity contribution is -0.154. The van der Waals surface area contributed by atoms with Crippen molar-refractivity contribution in [3.8, 4) is 0 Å². The molecule has 0 saturated carbocycles. The molecule has 7 nitrogen and oxygen atoms in total. The topological polar surface area (TPSA) is 98.2 Å². The molecule has 7 heteroatoms. The van der Waals surface area contributed by atoms with Gasteiger partial charge in [0, 0.05) is 0 Å². The van der Waals surface area contributed by atoms with Gasteiger partial charge in [-0.25, -0.2) is 4.79 Å². The van der Waals surface area contributed by atoms with Crippen molar-refractivity contribution in [2.24, 2.45) is 0 Å². The van der Waals surface area contributed by atoms with Crippen molar-refractivity contribution in [2.75, 3.05) is 20.3 Å². The molecule has 0 radical (unpaired) electrons. The molecule has 1 aromatic rings. The lowest BCUT2D eigenvalue weighted by Crippen LogP contribution is -2.38. The summed E-state index contributed by atoms with van der Waals surface area (Å²) >= 11 is 0. The highest BCUT2D eigenvalue weighted by Crippen LogP contribution is 2.27. The number of carbonyl (C=O) groups is 2. The normalized spacial score (nSPS) is 16.6. The largest absolute Gasteiger partial charge is 0.460 e. The van der Waals surface area contributed by atoms with Crippen LogP contribution in [0.15, 0.2) is 41.5 Å². The Balaban J connectivity index is 2.40. The summed E-state index contributed by atoms with van der Waals surface area (Å²) in [6.45, 7) is 4.46. The Labute approximate surface area is 145 Å². The Morgan fingerprint density at radius 2 is 1.72 bits per heavy atom. The van der Waals surface area contributed by atoms with Crippen LogP contribution in [0.4, 0.5) is 0 Å². The van der Waals surface area contributed by atoms with Gasteiger partial charge in [0.1, 0.15) is 5.92 Å². The second-order valence-corrected chi connectivity index (χ2v) is 5.74. The highest BCUT2D eigenvalue weighted by molar-refractivity contribution is 6.63. The first kappa shape index (κ1) is 18.7. The minimum atomic E-state index is -1.02. The number of rotatable bonds is 5.